The molecule has 6 heteroatoms. The maximum absolute atomic E-state index is 13.3. The molecule has 100 valence electrons. The number of aryl methyl sites for hydroxylation is 1. The Balaban J connectivity index is 2.07. The lowest BCUT2D eigenvalue weighted by Crippen LogP contribution is -2.27. The van der Waals surface area contributed by atoms with Crippen molar-refractivity contribution in [3.8, 4) is 6.01 Å². The van der Waals surface area contributed by atoms with Crippen LogP contribution in [0.2, 0.25) is 0 Å². The largest absolute Gasteiger partial charge is 0.459 e. The van der Waals surface area contributed by atoms with Gasteiger partial charge >= 0.3 is 6.01 Å². The molecule has 0 unspecified atom stereocenters. The van der Waals surface area contributed by atoms with Crippen LogP contribution in [0, 0.1) is 12.7 Å². The number of hydrogen-bond donors (Lipinski definition) is 1. The van der Waals surface area contributed by atoms with Crippen LogP contribution in [0.4, 0.5) is 10.2 Å². The van der Waals surface area contributed by atoms with Crippen LogP contribution in [0.15, 0.2) is 30.5 Å². The van der Waals surface area contributed by atoms with Crippen molar-refractivity contribution in [2.24, 2.45) is 5.84 Å². The summed E-state index contributed by atoms with van der Waals surface area (Å²) < 4.78 is 18.7. The van der Waals surface area contributed by atoms with E-state index in [1.807, 2.05) is 31.2 Å². The number of hydrogen-bond acceptors (Lipinski definition) is 5. The number of anilines is 1. The highest BCUT2D eigenvalue weighted by atomic mass is 19.1. The normalized spacial score (nSPS) is 10.3. The third-order valence-corrected chi connectivity index (χ3v) is 2.53. The zero-order valence-corrected chi connectivity index (χ0v) is 10.8. The Morgan fingerprint density at radius 1 is 1.32 bits per heavy atom. The van der Waals surface area contributed by atoms with Crippen molar-refractivity contribution in [1.82, 2.24) is 9.97 Å². The van der Waals surface area contributed by atoms with Gasteiger partial charge in [0.05, 0.1) is 6.20 Å². The standard InChI is InChI=1S/C13H15FN4O/c1-9-3-5-10(6-4-9)8-19-13-16-7-11(14)12(17-13)18(2)15/h3-7H,8,15H2,1-2H3. The minimum Gasteiger partial charge on any atom is -0.459 e. The van der Waals surface area contributed by atoms with Crippen LogP contribution in [-0.4, -0.2) is 17.0 Å². The summed E-state index contributed by atoms with van der Waals surface area (Å²) in [4.78, 5) is 7.66. The van der Waals surface area contributed by atoms with Crippen LogP contribution < -0.4 is 15.6 Å². The molecule has 2 rings (SSSR count). The summed E-state index contributed by atoms with van der Waals surface area (Å²) in [6, 6.07) is 7.98. The second-order valence-corrected chi connectivity index (χ2v) is 4.21. The van der Waals surface area contributed by atoms with Crippen molar-refractivity contribution in [1.29, 1.82) is 0 Å². The first kappa shape index (κ1) is 13.2. The Labute approximate surface area is 110 Å². The van der Waals surface area contributed by atoms with Gasteiger partial charge in [0.2, 0.25) is 0 Å². The summed E-state index contributed by atoms with van der Waals surface area (Å²) >= 11 is 0. The monoisotopic (exact) mass is 262 g/mol. The third-order valence-electron chi connectivity index (χ3n) is 2.53. The number of hydrazine groups is 1. The van der Waals surface area contributed by atoms with Crippen LogP contribution in [-0.2, 0) is 6.61 Å². The first-order valence-electron chi connectivity index (χ1n) is 5.75. The molecule has 0 aliphatic heterocycles. The molecule has 0 atom stereocenters. The van der Waals surface area contributed by atoms with Gasteiger partial charge in [-0.2, -0.15) is 4.98 Å². The molecule has 5 nitrogen and oxygen atoms in total. The number of nitrogens with zero attached hydrogens (tertiary/aromatic N) is 3. The smallest absolute Gasteiger partial charge is 0.318 e. The highest BCUT2D eigenvalue weighted by Crippen LogP contribution is 2.15. The quantitative estimate of drug-likeness (QED) is 0.672. The highest BCUT2D eigenvalue weighted by molar-refractivity contribution is 5.36. The maximum Gasteiger partial charge on any atom is 0.318 e. The predicted octanol–water partition coefficient (Wildman–Crippen LogP) is 1.81. The molecular formula is C13H15FN4O. The topological polar surface area (TPSA) is 64.3 Å². The molecule has 1 heterocycles. The van der Waals surface area contributed by atoms with Crippen LogP contribution in [0.5, 0.6) is 6.01 Å². The average Bonchev–Trinajstić information content (AvgIpc) is 2.39. The minimum atomic E-state index is -0.590. The number of rotatable bonds is 4. The SMILES string of the molecule is Cc1ccc(COc2ncc(F)c(N(C)N)n2)cc1. The van der Waals surface area contributed by atoms with E-state index in [-0.39, 0.29) is 11.8 Å². The summed E-state index contributed by atoms with van der Waals surface area (Å²) in [5.74, 6) is 4.86. The molecule has 0 aliphatic rings. The number of ether oxygens (including phenoxy) is 1. The molecule has 0 bridgehead atoms. The minimum absolute atomic E-state index is 0.00564. The van der Waals surface area contributed by atoms with Gasteiger partial charge in [0.1, 0.15) is 6.61 Å². The molecule has 0 radical (unpaired) electrons. The van der Waals surface area contributed by atoms with Crippen molar-refractivity contribution in [2.45, 2.75) is 13.5 Å². The van der Waals surface area contributed by atoms with E-state index < -0.39 is 5.82 Å². The molecule has 0 amide bonds. The Hall–Kier alpha value is -2.21. The molecule has 1 aromatic heterocycles. The Morgan fingerprint density at radius 2 is 2.00 bits per heavy atom. The van der Waals surface area contributed by atoms with Crippen LogP contribution in [0.1, 0.15) is 11.1 Å². The summed E-state index contributed by atoms with van der Waals surface area (Å²) in [7, 11) is 1.50. The highest BCUT2D eigenvalue weighted by Gasteiger charge is 2.10. The third kappa shape index (κ3) is 3.38. The van der Waals surface area contributed by atoms with Gasteiger partial charge in [0, 0.05) is 7.05 Å². The maximum atomic E-state index is 13.3. The molecule has 0 saturated heterocycles. The number of nitrogens with two attached hydrogens (primary N) is 1. The van der Waals surface area contributed by atoms with Crippen LogP contribution in [0.3, 0.4) is 0 Å². The Morgan fingerprint density at radius 3 is 2.63 bits per heavy atom. The van der Waals surface area contributed by atoms with Gasteiger partial charge in [-0.3, -0.25) is 5.01 Å². The molecule has 0 fully saturated rings. The summed E-state index contributed by atoms with van der Waals surface area (Å²) in [6.07, 6.45) is 1.04. The predicted molar refractivity (Wildman–Crippen MR) is 70.1 cm³/mol. The molecule has 0 saturated carbocycles. The zero-order valence-electron chi connectivity index (χ0n) is 10.8. The molecule has 0 aliphatic carbocycles. The van der Waals surface area contributed by atoms with Gasteiger partial charge in [-0.05, 0) is 12.5 Å². The van der Waals surface area contributed by atoms with Crippen molar-refractivity contribution in [3.05, 3.63) is 47.4 Å². The molecule has 19 heavy (non-hydrogen) atoms. The van der Waals surface area contributed by atoms with Gasteiger partial charge in [0.15, 0.2) is 11.6 Å². The van der Waals surface area contributed by atoms with E-state index in [4.69, 9.17) is 10.6 Å². The first-order valence-corrected chi connectivity index (χ1v) is 5.75. The summed E-state index contributed by atoms with van der Waals surface area (Å²) in [5.41, 5.74) is 2.16. The van der Waals surface area contributed by atoms with Gasteiger partial charge < -0.3 is 4.74 Å². The Kier molecular flexibility index (Phi) is 3.91. The van der Waals surface area contributed by atoms with E-state index in [1.54, 1.807) is 0 Å². The summed E-state index contributed by atoms with van der Waals surface area (Å²) in [6.45, 7) is 2.33. The zero-order chi connectivity index (χ0) is 13.8. The van der Waals surface area contributed by atoms with Crippen LogP contribution >= 0.6 is 0 Å². The molecule has 1 aromatic carbocycles. The fourth-order valence-electron chi connectivity index (χ4n) is 1.49. The lowest BCUT2D eigenvalue weighted by molar-refractivity contribution is 0.279. The van der Waals surface area contributed by atoms with Crippen molar-refractivity contribution < 1.29 is 9.13 Å². The molecule has 2 aromatic rings. The lowest BCUT2D eigenvalue weighted by Gasteiger charge is -2.12. The van der Waals surface area contributed by atoms with E-state index in [2.05, 4.69) is 9.97 Å². The van der Waals surface area contributed by atoms with E-state index in [1.165, 1.54) is 12.6 Å². The summed E-state index contributed by atoms with van der Waals surface area (Å²) in [5, 5.41) is 1.08. The van der Waals surface area contributed by atoms with Gasteiger partial charge in [-0.1, -0.05) is 29.8 Å². The lowest BCUT2D eigenvalue weighted by atomic mass is 10.2. The first-order chi connectivity index (χ1) is 9.06. The number of benzene rings is 1. The number of aromatic nitrogens is 2. The van der Waals surface area contributed by atoms with E-state index in [0.29, 0.717) is 6.61 Å². The fourth-order valence-corrected chi connectivity index (χ4v) is 1.49. The van der Waals surface area contributed by atoms with Gasteiger partial charge in [-0.25, -0.2) is 15.2 Å². The van der Waals surface area contributed by atoms with E-state index in [0.717, 1.165) is 16.8 Å². The second kappa shape index (κ2) is 5.62. The molecule has 0 spiro atoms. The van der Waals surface area contributed by atoms with Gasteiger partial charge in [-0.15, -0.1) is 0 Å². The molecule has 2 N–H and O–H groups in total. The van der Waals surface area contributed by atoms with Crippen molar-refractivity contribution in [2.75, 3.05) is 12.1 Å². The van der Waals surface area contributed by atoms with Gasteiger partial charge in [0.25, 0.3) is 0 Å². The Bertz CT molecular complexity index is 557. The van der Waals surface area contributed by atoms with Crippen molar-refractivity contribution in [3.63, 3.8) is 0 Å². The molecular weight excluding hydrogens is 247 g/mol. The fraction of sp³-hybridized carbons (Fsp3) is 0.231. The average molecular weight is 262 g/mol. The number of halogens is 1. The van der Waals surface area contributed by atoms with Crippen molar-refractivity contribution >= 4 is 5.82 Å². The van der Waals surface area contributed by atoms with E-state index in [9.17, 15) is 4.39 Å². The van der Waals surface area contributed by atoms with E-state index >= 15 is 0 Å². The van der Waals surface area contributed by atoms with Crippen LogP contribution in [0.25, 0.3) is 0 Å². The second-order valence-electron chi connectivity index (χ2n) is 4.21.